The van der Waals surface area contributed by atoms with Crippen molar-refractivity contribution in [2.24, 2.45) is 0 Å². The first-order valence-corrected chi connectivity index (χ1v) is 13.4. The summed E-state index contributed by atoms with van der Waals surface area (Å²) in [6.07, 6.45) is 3.84. The molecule has 13 heteroatoms. The second-order valence-electron chi connectivity index (χ2n) is 9.82. The Labute approximate surface area is 231 Å². The van der Waals surface area contributed by atoms with Crippen molar-refractivity contribution in [1.82, 2.24) is 24.8 Å². The van der Waals surface area contributed by atoms with Crippen molar-refractivity contribution >= 4 is 35.3 Å². The Morgan fingerprint density at radius 2 is 1.65 bits per heavy atom. The number of nitrogens with two attached hydrogens (primary N) is 1. The lowest BCUT2D eigenvalue weighted by molar-refractivity contribution is 0.0302. The molecule has 2 saturated heterocycles. The van der Waals surface area contributed by atoms with E-state index >= 15 is 0 Å². The highest BCUT2D eigenvalue weighted by atomic mass is 16.5. The lowest BCUT2D eigenvalue weighted by Crippen LogP contribution is -2.41. The van der Waals surface area contributed by atoms with Gasteiger partial charge in [0.05, 0.1) is 32.1 Å². The fraction of sp³-hybridized carbons (Fsp3) is 0.407. The molecule has 5 heterocycles. The number of amides is 3. The van der Waals surface area contributed by atoms with Gasteiger partial charge in [0.15, 0.2) is 0 Å². The van der Waals surface area contributed by atoms with Crippen LogP contribution < -0.4 is 20.9 Å². The number of nitrogens with zero attached hydrogens (tertiary/aromatic N) is 7. The number of benzene rings is 1. The Bertz CT molecular complexity index is 1420. The van der Waals surface area contributed by atoms with E-state index in [-0.39, 0.29) is 17.9 Å². The Morgan fingerprint density at radius 3 is 2.38 bits per heavy atom. The van der Waals surface area contributed by atoms with E-state index in [1.165, 1.54) is 0 Å². The zero-order valence-electron chi connectivity index (χ0n) is 22.3. The van der Waals surface area contributed by atoms with Crippen LogP contribution in [0, 0.1) is 6.92 Å². The average molecular weight is 546 g/mol. The molecule has 3 aliphatic heterocycles. The van der Waals surface area contributed by atoms with Crippen LogP contribution in [0.25, 0.3) is 11.3 Å². The van der Waals surface area contributed by atoms with Gasteiger partial charge in [-0.2, -0.15) is 4.98 Å². The normalized spacial score (nSPS) is 17.1. The molecule has 1 aromatic carbocycles. The molecule has 0 unspecified atom stereocenters. The lowest BCUT2D eigenvalue weighted by atomic mass is 10.1. The van der Waals surface area contributed by atoms with E-state index in [0.29, 0.717) is 105 Å². The molecule has 2 aromatic heterocycles. The number of nitrogens with one attached hydrogen (secondary N) is 1. The van der Waals surface area contributed by atoms with Crippen molar-refractivity contribution in [3.8, 4) is 11.3 Å². The average Bonchev–Trinajstić information content (AvgIpc) is 3.43. The predicted octanol–water partition coefficient (Wildman–Crippen LogP) is 1.73. The summed E-state index contributed by atoms with van der Waals surface area (Å²) in [6, 6.07) is 5.04. The van der Waals surface area contributed by atoms with Crippen molar-refractivity contribution in [3.05, 3.63) is 47.3 Å². The van der Waals surface area contributed by atoms with Crippen LogP contribution in [0.4, 0.5) is 28.2 Å². The van der Waals surface area contributed by atoms with Crippen molar-refractivity contribution in [2.45, 2.75) is 13.3 Å². The molecule has 0 aliphatic carbocycles. The van der Waals surface area contributed by atoms with Crippen molar-refractivity contribution < 1.29 is 19.1 Å². The molecule has 0 radical (unpaired) electrons. The van der Waals surface area contributed by atoms with Crippen LogP contribution in [-0.2, 0) is 15.9 Å². The summed E-state index contributed by atoms with van der Waals surface area (Å²) in [4.78, 5) is 50.3. The standard InChI is InChI=1S/C27H31N9O4/c1-17-19(24(37)34-7-11-39-12-8-34)3-2-4-21(17)31-27(38)36-6-5-20-22(18-15-29-25(28)30-16-18)32-26(33-23(20)36)35-9-13-40-14-10-35/h2-4,15-16H,5-14H2,1H3,(H,31,38)(H2,28,29,30). The Hall–Kier alpha value is -4.36. The number of carbonyl (C=O) groups excluding carboxylic acids is 2. The predicted molar refractivity (Wildman–Crippen MR) is 148 cm³/mol. The largest absolute Gasteiger partial charge is 0.378 e. The smallest absolute Gasteiger partial charge is 0.327 e. The van der Waals surface area contributed by atoms with E-state index in [4.69, 9.17) is 25.2 Å². The molecule has 6 rings (SSSR count). The number of nitrogen functional groups attached to an aromatic ring is 1. The number of fused-ring (bicyclic) bond motifs is 1. The second kappa shape index (κ2) is 11.0. The van der Waals surface area contributed by atoms with Gasteiger partial charge >= 0.3 is 6.03 Å². The molecule has 208 valence electrons. The monoisotopic (exact) mass is 545 g/mol. The molecular weight excluding hydrogens is 514 g/mol. The number of anilines is 4. The third kappa shape index (κ3) is 5.00. The van der Waals surface area contributed by atoms with E-state index in [1.807, 2.05) is 11.8 Å². The molecule has 3 amide bonds. The summed E-state index contributed by atoms with van der Waals surface area (Å²) in [6.45, 7) is 6.85. The van der Waals surface area contributed by atoms with Crippen LogP contribution in [0.2, 0.25) is 0 Å². The van der Waals surface area contributed by atoms with Gasteiger partial charge in [-0.3, -0.25) is 9.69 Å². The lowest BCUT2D eigenvalue weighted by Gasteiger charge is -2.28. The van der Waals surface area contributed by atoms with E-state index in [2.05, 4.69) is 15.3 Å². The summed E-state index contributed by atoms with van der Waals surface area (Å²) in [5, 5.41) is 3.01. The first kappa shape index (κ1) is 25.9. The van der Waals surface area contributed by atoms with Gasteiger partial charge in [0, 0.05) is 67.5 Å². The van der Waals surface area contributed by atoms with Gasteiger partial charge in [-0.1, -0.05) is 6.07 Å². The molecule has 13 nitrogen and oxygen atoms in total. The molecule has 3 aliphatic rings. The maximum atomic E-state index is 13.7. The topological polar surface area (TPSA) is 152 Å². The minimum Gasteiger partial charge on any atom is -0.378 e. The fourth-order valence-corrected chi connectivity index (χ4v) is 5.17. The highest BCUT2D eigenvalue weighted by molar-refractivity contribution is 6.05. The number of ether oxygens (including phenoxy) is 2. The molecule has 0 atom stereocenters. The van der Waals surface area contributed by atoms with E-state index in [1.54, 1.807) is 40.4 Å². The Balaban J connectivity index is 1.30. The van der Waals surface area contributed by atoms with Crippen LogP contribution in [0.15, 0.2) is 30.6 Å². The van der Waals surface area contributed by atoms with Gasteiger partial charge < -0.3 is 30.3 Å². The second-order valence-corrected chi connectivity index (χ2v) is 9.82. The SMILES string of the molecule is Cc1c(NC(=O)N2CCc3c(-c4cnc(N)nc4)nc(N4CCOCC4)nc32)cccc1C(=O)N1CCOCC1. The summed E-state index contributed by atoms with van der Waals surface area (Å²) in [5.74, 6) is 1.16. The molecular formula is C27H31N9O4. The van der Waals surface area contributed by atoms with Gasteiger partial charge in [0.1, 0.15) is 5.82 Å². The van der Waals surface area contributed by atoms with Crippen molar-refractivity contribution in [1.29, 1.82) is 0 Å². The van der Waals surface area contributed by atoms with Gasteiger partial charge in [-0.05, 0) is 31.0 Å². The number of urea groups is 1. The highest BCUT2D eigenvalue weighted by Crippen LogP contribution is 2.36. The fourth-order valence-electron chi connectivity index (χ4n) is 5.17. The Morgan fingerprint density at radius 1 is 0.950 bits per heavy atom. The molecule has 2 fully saturated rings. The van der Waals surface area contributed by atoms with Gasteiger partial charge in [0.2, 0.25) is 11.9 Å². The van der Waals surface area contributed by atoms with Crippen molar-refractivity contribution in [3.63, 3.8) is 0 Å². The first-order valence-electron chi connectivity index (χ1n) is 13.4. The minimum atomic E-state index is -0.330. The summed E-state index contributed by atoms with van der Waals surface area (Å²) >= 11 is 0. The van der Waals surface area contributed by atoms with Crippen LogP contribution in [-0.4, -0.2) is 95.9 Å². The third-order valence-corrected chi connectivity index (χ3v) is 7.40. The zero-order chi connectivity index (χ0) is 27.6. The van der Waals surface area contributed by atoms with Gasteiger partial charge in [0.25, 0.3) is 5.91 Å². The quantitative estimate of drug-likeness (QED) is 0.496. The highest BCUT2D eigenvalue weighted by Gasteiger charge is 2.32. The maximum Gasteiger partial charge on any atom is 0.327 e. The molecule has 3 N–H and O–H groups in total. The molecule has 0 saturated carbocycles. The molecule has 40 heavy (non-hydrogen) atoms. The number of aromatic nitrogens is 4. The first-order chi connectivity index (χ1) is 19.5. The van der Waals surface area contributed by atoms with E-state index in [0.717, 1.165) is 5.56 Å². The Kier molecular flexibility index (Phi) is 7.13. The number of morpholine rings is 2. The van der Waals surface area contributed by atoms with E-state index < -0.39 is 0 Å². The summed E-state index contributed by atoms with van der Waals surface area (Å²) in [7, 11) is 0. The van der Waals surface area contributed by atoms with Gasteiger partial charge in [-0.15, -0.1) is 0 Å². The van der Waals surface area contributed by atoms with Crippen LogP contribution in [0.5, 0.6) is 0 Å². The number of rotatable bonds is 4. The minimum absolute atomic E-state index is 0.0679. The zero-order valence-corrected chi connectivity index (χ0v) is 22.3. The van der Waals surface area contributed by atoms with E-state index in [9.17, 15) is 9.59 Å². The summed E-state index contributed by atoms with van der Waals surface area (Å²) in [5.41, 5.74) is 9.78. The number of hydrogen-bond donors (Lipinski definition) is 2. The maximum absolute atomic E-state index is 13.7. The molecule has 3 aromatic rings. The molecule has 0 bridgehead atoms. The summed E-state index contributed by atoms with van der Waals surface area (Å²) < 4.78 is 10.9. The van der Waals surface area contributed by atoms with Crippen LogP contribution in [0.1, 0.15) is 21.5 Å². The van der Waals surface area contributed by atoms with Crippen LogP contribution in [0.3, 0.4) is 0 Å². The van der Waals surface area contributed by atoms with Crippen LogP contribution >= 0.6 is 0 Å². The van der Waals surface area contributed by atoms with Crippen molar-refractivity contribution in [2.75, 3.05) is 80.0 Å². The molecule has 0 spiro atoms. The third-order valence-electron chi connectivity index (χ3n) is 7.40. The number of hydrogen-bond acceptors (Lipinski definition) is 10. The van der Waals surface area contributed by atoms with Gasteiger partial charge in [-0.25, -0.2) is 19.7 Å². The number of carbonyl (C=O) groups is 2.